The number of nitrogens with zero attached hydrogens (tertiary/aromatic N) is 2. The van der Waals surface area contributed by atoms with Gasteiger partial charge in [-0.1, -0.05) is 36.4 Å². The van der Waals surface area contributed by atoms with E-state index in [1.165, 1.54) is 32.4 Å². The van der Waals surface area contributed by atoms with Crippen LogP contribution in [0.15, 0.2) is 116 Å². The Morgan fingerprint density at radius 1 is 0.680 bits per heavy atom. The monoisotopic (exact) mass is 1140 g/mol. The zero-order valence-electron chi connectivity index (χ0n) is 41.6. The predicted octanol–water partition coefficient (Wildman–Crippen LogP) is 6.32. The number of methoxy groups -OCH3 is 2. The maximum Gasteiger partial charge on any atom is 0.303 e. The molecule has 1 atom stereocenters. The Balaban J connectivity index is 1.44. The van der Waals surface area contributed by atoms with Gasteiger partial charge in [-0.2, -0.15) is 38.2 Å². The molecule has 6 rings (SSSR count). The van der Waals surface area contributed by atoms with Crippen LogP contribution in [-0.2, 0) is 75.6 Å². The lowest BCUT2D eigenvalue weighted by molar-refractivity contribution is -0.438. The third-order valence-electron chi connectivity index (χ3n) is 13.2. The van der Waals surface area contributed by atoms with Gasteiger partial charge in [-0.3, -0.25) is 23.0 Å². The summed E-state index contributed by atoms with van der Waals surface area (Å²) in [6.45, 7) is 6.18. The summed E-state index contributed by atoms with van der Waals surface area (Å²) >= 11 is 0. The molecule has 4 aromatic carbocycles. The summed E-state index contributed by atoms with van der Waals surface area (Å²) in [6.07, 6.45) is 13.5. The molecule has 0 fully saturated rings. The second-order valence-electron chi connectivity index (χ2n) is 18.7. The Bertz CT molecular complexity index is 3660. The highest BCUT2D eigenvalue weighted by molar-refractivity contribution is 7.89. The average Bonchev–Trinajstić information content (AvgIpc) is 3.67. The number of allylic oxidation sites excluding steroid dienone is 8. The molecule has 0 radical (unpaired) electrons. The first kappa shape index (κ1) is 59.0. The smallest absolute Gasteiger partial charge is 0.303 e. The molecule has 0 saturated heterocycles. The first-order valence-electron chi connectivity index (χ1n) is 23.3. The molecule has 2 aliphatic heterocycles. The van der Waals surface area contributed by atoms with Crippen molar-refractivity contribution < 1.29 is 84.3 Å². The second kappa shape index (κ2) is 22.8. The summed E-state index contributed by atoms with van der Waals surface area (Å²) in [4.78, 5) is 10.5. The van der Waals surface area contributed by atoms with Gasteiger partial charge >= 0.3 is 5.97 Å². The number of hydrogen-bond acceptors (Lipinski definition) is 14. The molecule has 0 aliphatic carbocycles. The van der Waals surface area contributed by atoms with E-state index in [1.54, 1.807) is 55.5 Å². The summed E-state index contributed by atoms with van der Waals surface area (Å²) < 4.78 is 182. The SMILES string of the molecule is COCCNS(=O)(=O)c1cc(S(=O)(=O)O)c2ccc3c(c2c1)C(C)(C)C(/C=C/C=C/C=C/C=C1/N(CCOC)c2ccc4c(S(=O)(=O)O)cc(S(=O)(=O)O)cc4c2C1(C)CCCS(=O)(=O)O)=[N+]3CCCCCC(=O)O. The molecule has 0 aromatic heterocycles. The van der Waals surface area contributed by atoms with E-state index in [9.17, 15) is 70.2 Å². The summed E-state index contributed by atoms with van der Waals surface area (Å²) in [5.74, 6) is -1.58. The summed E-state index contributed by atoms with van der Waals surface area (Å²) in [7, 11) is -21.0. The van der Waals surface area contributed by atoms with Crippen molar-refractivity contribution in [2.24, 2.45) is 0 Å². The molecule has 75 heavy (non-hydrogen) atoms. The van der Waals surface area contributed by atoms with Crippen molar-refractivity contribution >= 4 is 95.1 Å². The van der Waals surface area contributed by atoms with E-state index in [0.717, 1.165) is 17.8 Å². The summed E-state index contributed by atoms with van der Waals surface area (Å²) in [5, 5.41) is 9.53. The van der Waals surface area contributed by atoms with E-state index >= 15 is 0 Å². The number of hydrogen-bond donors (Lipinski definition) is 6. The summed E-state index contributed by atoms with van der Waals surface area (Å²) in [5.41, 5.74) is 1.12. The van der Waals surface area contributed by atoms with Crippen LogP contribution in [0.1, 0.15) is 70.4 Å². The number of aliphatic carboxylic acids is 1. The number of carboxylic acids is 1. The van der Waals surface area contributed by atoms with E-state index in [0.29, 0.717) is 60.1 Å². The third kappa shape index (κ3) is 13.1. The maximum absolute atomic E-state index is 13.5. The van der Waals surface area contributed by atoms with Crippen LogP contribution in [0, 0.1) is 0 Å². The quantitative estimate of drug-likeness (QED) is 0.0183. The number of unbranched alkanes of at least 4 members (excludes halogenated alkanes) is 2. The zero-order chi connectivity index (χ0) is 55.5. The van der Waals surface area contributed by atoms with Gasteiger partial charge in [0.15, 0.2) is 5.71 Å². The first-order valence-corrected chi connectivity index (χ1v) is 30.7. The molecular formula is C49H60N3O18S5+. The van der Waals surface area contributed by atoms with Gasteiger partial charge in [0.1, 0.15) is 16.3 Å². The Hall–Kier alpha value is -5.23. The molecular weight excluding hydrogens is 1080 g/mol. The number of sulfonamides is 1. The fourth-order valence-electron chi connectivity index (χ4n) is 9.96. The van der Waals surface area contributed by atoms with Gasteiger partial charge in [-0.15, -0.1) is 0 Å². The van der Waals surface area contributed by atoms with Gasteiger partial charge in [0, 0.05) is 85.4 Å². The zero-order valence-corrected chi connectivity index (χ0v) is 45.7. The number of carboxylic acid groups (broad SMARTS) is 1. The fourth-order valence-corrected chi connectivity index (χ4v) is 13.7. The minimum Gasteiger partial charge on any atom is -0.481 e. The minimum absolute atomic E-state index is 0.0135. The van der Waals surface area contributed by atoms with Crippen LogP contribution in [0.4, 0.5) is 11.4 Å². The minimum atomic E-state index is -5.07. The third-order valence-corrected chi connectivity index (χ3v) is 18.1. The highest BCUT2D eigenvalue weighted by Crippen LogP contribution is 2.54. The Morgan fingerprint density at radius 2 is 1.27 bits per heavy atom. The topological polar surface area (TPSA) is 326 Å². The van der Waals surface area contributed by atoms with Gasteiger partial charge in [0.05, 0.1) is 34.2 Å². The van der Waals surface area contributed by atoms with E-state index in [-0.39, 0.29) is 67.1 Å². The first-order chi connectivity index (χ1) is 34.9. The van der Waals surface area contributed by atoms with Crippen molar-refractivity contribution in [1.29, 1.82) is 0 Å². The van der Waals surface area contributed by atoms with Crippen LogP contribution in [0.3, 0.4) is 0 Å². The molecule has 0 spiro atoms. The number of anilines is 1. The molecule has 26 heteroatoms. The van der Waals surface area contributed by atoms with E-state index in [4.69, 9.17) is 9.47 Å². The van der Waals surface area contributed by atoms with Gasteiger partial charge < -0.3 is 19.5 Å². The Morgan fingerprint density at radius 3 is 1.87 bits per heavy atom. The van der Waals surface area contributed by atoms with Crippen LogP contribution in [0.25, 0.3) is 21.5 Å². The van der Waals surface area contributed by atoms with Crippen molar-refractivity contribution in [3.05, 3.63) is 108 Å². The molecule has 2 aliphatic rings. The molecule has 408 valence electrons. The normalized spacial score (nSPS) is 18.0. The number of benzene rings is 4. The molecule has 1 unspecified atom stereocenters. The molecule has 21 nitrogen and oxygen atoms in total. The molecule has 4 aromatic rings. The lowest BCUT2D eigenvalue weighted by Crippen LogP contribution is -2.31. The average molecular weight is 1140 g/mol. The number of fused-ring (bicyclic) bond motifs is 6. The maximum atomic E-state index is 13.5. The molecule has 0 bridgehead atoms. The molecule has 2 heterocycles. The summed E-state index contributed by atoms with van der Waals surface area (Å²) in [6, 6.07) is 10.1. The number of nitrogens with one attached hydrogen (secondary N) is 1. The largest absolute Gasteiger partial charge is 0.481 e. The van der Waals surface area contributed by atoms with Gasteiger partial charge in [-0.25, -0.2) is 13.1 Å². The van der Waals surface area contributed by atoms with Gasteiger partial charge in [-0.05, 0) is 105 Å². The van der Waals surface area contributed by atoms with Crippen molar-refractivity contribution in [1.82, 2.24) is 4.72 Å². The fraction of sp³-hybridized carbons (Fsp3) is 0.388. The second-order valence-corrected chi connectivity index (χ2v) is 26.2. The van der Waals surface area contributed by atoms with Crippen LogP contribution in [-0.4, -0.2) is 134 Å². The highest BCUT2D eigenvalue weighted by Gasteiger charge is 2.47. The van der Waals surface area contributed by atoms with Crippen LogP contribution >= 0.6 is 0 Å². The lowest BCUT2D eigenvalue weighted by Gasteiger charge is -2.30. The number of ether oxygens (including phenoxy) is 2. The van der Waals surface area contributed by atoms with Crippen LogP contribution in [0.5, 0.6) is 0 Å². The highest BCUT2D eigenvalue weighted by atomic mass is 32.2. The van der Waals surface area contributed by atoms with Crippen molar-refractivity contribution in [2.45, 2.75) is 89.7 Å². The number of carbonyl (C=O) groups is 1. The van der Waals surface area contributed by atoms with Crippen molar-refractivity contribution in [2.75, 3.05) is 57.7 Å². The van der Waals surface area contributed by atoms with E-state index in [1.807, 2.05) is 29.4 Å². The Labute approximate surface area is 437 Å². The standard InChI is InChI=1S/C49H59N3O18S5/c1-48(2)43(51(24-13-9-12-17-45(53)54)39-20-18-35-37(46(39)48)29-33(31-41(35)74(63,64)65)72(58,59)50-23-26-69-4)15-10-7-6-8-11-16-44-49(3,22-14-28-71(55,56)57)47-38-30-34(73(60,61)62)32-42(75(66,67)68)36(38)19-21-40(47)52(44)25-27-70-5/h6-8,10-11,15-16,18-21,29-32,50H,9,12-14,17,22-28H2,1-5H3,(H4-,53,54,55,56,57,60,61,62,63,64,65,66,67,68)/p+1. The lowest BCUT2D eigenvalue weighted by atomic mass is 9.75. The van der Waals surface area contributed by atoms with E-state index < -0.39 is 92.6 Å². The number of rotatable bonds is 25. The molecule has 0 saturated carbocycles. The Kier molecular flexibility index (Phi) is 17.9. The van der Waals surface area contributed by atoms with Gasteiger partial charge in [0.2, 0.25) is 15.7 Å². The van der Waals surface area contributed by atoms with Gasteiger partial charge in [0.25, 0.3) is 40.5 Å². The molecule has 0 amide bonds. The van der Waals surface area contributed by atoms with Crippen LogP contribution < -0.4 is 9.62 Å². The van der Waals surface area contributed by atoms with Crippen molar-refractivity contribution in [3.8, 4) is 0 Å². The predicted molar refractivity (Wildman–Crippen MR) is 281 cm³/mol. The molecule has 6 N–H and O–H groups in total. The van der Waals surface area contributed by atoms with Crippen molar-refractivity contribution in [3.63, 3.8) is 0 Å². The van der Waals surface area contributed by atoms with Crippen LogP contribution in [0.2, 0.25) is 0 Å². The van der Waals surface area contributed by atoms with E-state index in [2.05, 4.69) is 4.72 Å².